The first-order chi connectivity index (χ1) is 15.0. The predicted octanol–water partition coefficient (Wildman–Crippen LogP) is 5.41. The molecular formula is C27H34O4. The number of ether oxygens (including phenoxy) is 4. The van der Waals surface area contributed by atoms with Crippen LogP contribution in [0, 0.1) is 17.3 Å². The molecule has 5 rings (SSSR count). The Hall–Kier alpha value is -2.04. The summed E-state index contributed by atoms with van der Waals surface area (Å²) in [6, 6.07) is 0. The molecule has 166 valence electrons. The van der Waals surface area contributed by atoms with Crippen LogP contribution in [0.4, 0.5) is 0 Å². The molecule has 0 radical (unpaired) electrons. The van der Waals surface area contributed by atoms with Gasteiger partial charge in [0.2, 0.25) is 0 Å². The predicted molar refractivity (Wildman–Crippen MR) is 121 cm³/mol. The summed E-state index contributed by atoms with van der Waals surface area (Å²) in [6.07, 6.45) is 19.6. The second-order valence-corrected chi connectivity index (χ2v) is 9.88. The van der Waals surface area contributed by atoms with Crippen molar-refractivity contribution in [3.63, 3.8) is 0 Å². The maximum Gasteiger partial charge on any atom is 0.119 e. The van der Waals surface area contributed by atoms with E-state index in [0.29, 0.717) is 25.0 Å². The van der Waals surface area contributed by atoms with Crippen molar-refractivity contribution in [1.29, 1.82) is 0 Å². The molecule has 2 saturated heterocycles. The molecule has 31 heavy (non-hydrogen) atoms. The van der Waals surface area contributed by atoms with Crippen LogP contribution in [-0.4, -0.2) is 38.6 Å². The summed E-state index contributed by atoms with van der Waals surface area (Å²) >= 11 is 0. The zero-order valence-electron chi connectivity index (χ0n) is 18.9. The highest BCUT2D eigenvalue weighted by Gasteiger charge is 2.43. The van der Waals surface area contributed by atoms with Crippen LogP contribution in [0.3, 0.4) is 0 Å². The lowest BCUT2D eigenvalue weighted by Gasteiger charge is -2.46. The lowest BCUT2D eigenvalue weighted by Crippen LogP contribution is -2.34. The molecule has 5 unspecified atom stereocenters. The van der Waals surface area contributed by atoms with Crippen molar-refractivity contribution >= 4 is 0 Å². The van der Waals surface area contributed by atoms with E-state index in [1.807, 2.05) is 0 Å². The number of epoxide rings is 2. The summed E-state index contributed by atoms with van der Waals surface area (Å²) in [6.45, 7) is 9.73. The van der Waals surface area contributed by atoms with Gasteiger partial charge in [0, 0.05) is 0 Å². The second kappa shape index (κ2) is 8.48. The second-order valence-electron chi connectivity index (χ2n) is 9.88. The van der Waals surface area contributed by atoms with E-state index in [1.54, 1.807) is 0 Å². The Morgan fingerprint density at radius 3 is 2.45 bits per heavy atom. The fraction of sp³-hybridized carbons (Fsp3) is 0.556. The zero-order valence-corrected chi connectivity index (χ0v) is 18.9. The van der Waals surface area contributed by atoms with Gasteiger partial charge in [-0.25, -0.2) is 0 Å². The summed E-state index contributed by atoms with van der Waals surface area (Å²) in [5, 5.41) is 0. The Morgan fingerprint density at radius 2 is 1.74 bits per heavy atom. The van der Waals surface area contributed by atoms with Crippen LogP contribution in [0.2, 0.25) is 0 Å². The number of hydrogen-bond donors (Lipinski definition) is 0. The summed E-state index contributed by atoms with van der Waals surface area (Å²) in [5.74, 6) is 2.83. The van der Waals surface area contributed by atoms with Gasteiger partial charge in [-0.15, -0.1) is 0 Å². The molecule has 3 aliphatic carbocycles. The molecule has 0 amide bonds. The van der Waals surface area contributed by atoms with Gasteiger partial charge in [-0.2, -0.15) is 0 Å². The largest absolute Gasteiger partial charge is 0.491 e. The normalized spacial score (nSPS) is 37.2. The van der Waals surface area contributed by atoms with Gasteiger partial charge in [-0.05, 0) is 66.7 Å². The SMILES string of the molecule is CC1=CC=CC(CC2(C)CC3=C2C/C=C\C(C)C=C3OCC2CO2)C=C1OCC1CO1. The van der Waals surface area contributed by atoms with Gasteiger partial charge < -0.3 is 18.9 Å². The first-order valence-electron chi connectivity index (χ1n) is 11.7. The van der Waals surface area contributed by atoms with E-state index in [4.69, 9.17) is 18.9 Å². The minimum Gasteiger partial charge on any atom is -0.491 e. The van der Waals surface area contributed by atoms with E-state index in [1.165, 1.54) is 16.7 Å². The highest BCUT2D eigenvalue weighted by Crippen LogP contribution is 2.55. The summed E-state index contributed by atoms with van der Waals surface area (Å²) in [5.41, 5.74) is 4.30. The summed E-state index contributed by atoms with van der Waals surface area (Å²) in [4.78, 5) is 0. The highest BCUT2D eigenvalue weighted by atomic mass is 16.6. The molecule has 0 aromatic rings. The molecule has 0 bridgehead atoms. The standard InChI is InChI=1S/C27H34O4/c1-18-6-4-9-24-23(26(10-18)31-17-22-15-29-22)13-27(24,3)12-20-8-5-7-19(2)25(11-20)30-16-21-14-28-21/h4-8,10-11,18,20-22H,9,12-17H2,1-3H3/b6-4-,26-10?. The molecule has 5 atom stereocenters. The smallest absolute Gasteiger partial charge is 0.119 e. The van der Waals surface area contributed by atoms with Crippen LogP contribution < -0.4 is 0 Å². The van der Waals surface area contributed by atoms with Gasteiger partial charge in [0.05, 0.1) is 13.2 Å². The van der Waals surface area contributed by atoms with Crippen LogP contribution in [0.25, 0.3) is 0 Å². The van der Waals surface area contributed by atoms with Gasteiger partial charge in [0.1, 0.15) is 36.9 Å². The van der Waals surface area contributed by atoms with Gasteiger partial charge >= 0.3 is 0 Å². The molecule has 0 spiro atoms. The van der Waals surface area contributed by atoms with E-state index >= 15 is 0 Å². The van der Waals surface area contributed by atoms with Crippen LogP contribution in [-0.2, 0) is 18.9 Å². The fourth-order valence-electron chi connectivity index (χ4n) is 4.90. The topological polar surface area (TPSA) is 43.5 Å². The van der Waals surface area contributed by atoms with Crippen LogP contribution in [0.1, 0.15) is 40.0 Å². The highest BCUT2D eigenvalue weighted by molar-refractivity contribution is 5.47. The third-order valence-corrected chi connectivity index (χ3v) is 6.93. The summed E-state index contributed by atoms with van der Waals surface area (Å²) < 4.78 is 23.0. The summed E-state index contributed by atoms with van der Waals surface area (Å²) in [7, 11) is 0. The lowest BCUT2D eigenvalue weighted by atomic mass is 9.59. The van der Waals surface area contributed by atoms with Gasteiger partial charge in [0.25, 0.3) is 0 Å². The van der Waals surface area contributed by atoms with Crippen molar-refractivity contribution in [1.82, 2.24) is 0 Å². The monoisotopic (exact) mass is 422 g/mol. The van der Waals surface area contributed by atoms with Crippen molar-refractivity contribution in [2.75, 3.05) is 26.4 Å². The Labute approximate surface area is 186 Å². The molecule has 4 nitrogen and oxygen atoms in total. The van der Waals surface area contributed by atoms with Crippen LogP contribution in [0.5, 0.6) is 0 Å². The van der Waals surface area contributed by atoms with E-state index in [-0.39, 0.29) is 17.6 Å². The maximum atomic E-state index is 6.22. The lowest BCUT2D eigenvalue weighted by molar-refractivity contribution is 0.171. The third kappa shape index (κ3) is 4.91. The van der Waals surface area contributed by atoms with Crippen molar-refractivity contribution in [2.24, 2.45) is 17.3 Å². The van der Waals surface area contributed by atoms with E-state index in [9.17, 15) is 0 Å². The average molecular weight is 423 g/mol. The average Bonchev–Trinajstić information content (AvgIpc) is 3.61. The molecule has 0 aromatic carbocycles. The Bertz CT molecular complexity index is 894. The fourth-order valence-corrected chi connectivity index (χ4v) is 4.90. The molecule has 5 aliphatic rings. The van der Waals surface area contributed by atoms with E-state index < -0.39 is 0 Å². The Kier molecular flexibility index (Phi) is 5.70. The van der Waals surface area contributed by atoms with Gasteiger partial charge in [-0.1, -0.05) is 49.8 Å². The first-order valence-corrected chi connectivity index (χ1v) is 11.7. The molecule has 0 N–H and O–H groups in total. The quantitative estimate of drug-likeness (QED) is 0.387. The first kappa shape index (κ1) is 20.8. The van der Waals surface area contributed by atoms with Crippen LogP contribution in [0.15, 0.2) is 70.8 Å². The maximum absolute atomic E-state index is 6.22. The minimum atomic E-state index is 0.174. The van der Waals surface area contributed by atoms with E-state index in [2.05, 4.69) is 63.3 Å². The number of allylic oxidation sites excluding steroid dienone is 10. The molecular weight excluding hydrogens is 388 g/mol. The number of rotatable bonds is 8. The van der Waals surface area contributed by atoms with Crippen molar-refractivity contribution in [2.45, 2.75) is 52.2 Å². The zero-order chi connectivity index (χ0) is 21.4. The minimum absolute atomic E-state index is 0.174. The molecule has 2 aliphatic heterocycles. The van der Waals surface area contributed by atoms with Crippen LogP contribution >= 0.6 is 0 Å². The van der Waals surface area contributed by atoms with E-state index in [0.717, 1.165) is 44.0 Å². The molecule has 0 saturated carbocycles. The molecule has 4 heteroatoms. The van der Waals surface area contributed by atoms with Gasteiger partial charge in [0.15, 0.2) is 0 Å². The molecule has 0 aromatic heterocycles. The Balaban J connectivity index is 1.32. The van der Waals surface area contributed by atoms with Crippen molar-refractivity contribution < 1.29 is 18.9 Å². The van der Waals surface area contributed by atoms with Gasteiger partial charge in [-0.3, -0.25) is 0 Å². The molecule has 2 fully saturated rings. The Morgan fingerprint density at radius 1 is 1.03 bits per heavy atom. The molecule has 2 heterocycles. The van der Waals surface area contributed by atoms with Crippen molar-refractivity contribution in [3.8, 4) is 0 Å². The third-order valence-electron chi connectivity index (χ3n) is 6.93. The van der Waals surface area contributed by atoms with Crippen molar-refractivity contribution in [3.05, 3.63) is 70.8 Å². The number of hydrogen-bond acceptors (Lipinski definition) is 4.